The molecule has 0 aromatic heterocycles. The van der Waals surface area contributed by atoms with E-state index in [9.17, 15) is 13.2 Å². The summed E-state index contributed by atoms with van der Waals surface area (Å²) in [5.41, 5.74) is 1.63. The Kier molecular flexibility index (Phi) is 7.33. The standard InChI is InChI=1S/C22H29N3O4S/c1-3-29-21-12-8-7-11-20(21)25(30(2,27)28)18-22(26)24-15-13-23(14-16-24)17-19-9-5-4-6-10-19/h4-12H,3,13-18H2,1-2H3. The summed E-state index contributed by atoms with van der Waals surface area (Å²) in [6.07, 6.45) is 1.11. The molecule has 0 radical (unpaired) electrons. The topological polar surface area (TPSA) is 70.2 Å². The molecule has 0 saturated carbocycles. The second-order valence-corrected chi connectivity index (χ2v) is 9.22. The van der Waals surface area contributed by atoms with Crippen molar-refractivity contribution in [2.24, 2.45) is 0 Å². The Morgan fingerprint density at radius 1 is 1.00 bits per heavy atom. The Balaban J connectivity index is 1.65. The fourth-order valence-corrected chi connectivity index (χ4v) is 4.39. The fourth-order valence-electron chi connectivity index (χ4n) is 3.54. The van der Waals surface area contributed by atoms with E-state index in [1.807, 2.05) is 25.1 Å². The Morgan fingerprint density at radius 3 is 2.27 bits per heavy atom. The van der Waals surface area contributed by atoms with Crippen LogP contribution in [0.1, 0.15) is 12.5 Å². The van der Waals surface area contributed by atoms with Gasteiger partial charge < -0.3 is 9.64 Å². The van der Waals surface area contributed by atoms with Crippen molar-refractivity contribution >= 4 is 21.6 Å². The highest BCUT2D eigenvalue weighted by Gasteiger charge is 2.28. The minimum Gasteiger partial charge on any atom is -0.492 e. The molecule has 2 aromatic rings. The summed E-state index contributed by atoms with van der Waals surface area (Å²) in [4.78, 5) is 17.0. The molecule has 1 saturated heterocycles. The number of carbonyl (C=O) groups is 1. The predicted molar refractivity (Wildman–Crippen MR) is 118 cm³/mol. The summed E-state index contributed by atoms with van der Waals surface area (Å²) in [6, 6.07) is 17.1. The van der Waals surface area contributed by atoms with Crippen molar-refractivity contribution < 1.29 is 17.9 Å². The Bertz CT molecular complexity index is 942. The molecule has 1 amide bonds. The molecule has 1 fully saturated rings. The Morgan fingerprint density at radius 2 is 1.63 bits per heavy atom. The quantitative estimate of drug-likeness (QED) is 0.641. The minimum absolute atomic E-state index is 0.203. The van der Waals surface area contributed by atoms with Gasteiger partial charge in [-0.3, -0.25) is 14.0 Å². The molecule has 7 nitrogen and oxygen atoms in total. The van der Waals surface area contributed by atoms with Crippen LogP contribution in [0.15, 0.2) is 54.6 Å². The molecule has 8 heteroatoms. The van der Waals surface area contributed by atoms with Crippen LogP contribution in [-0.2, 0) is 21.4 Å². The lowest BCUT2D eigenvalue weighted by atomic mass is 10.2. The SMILES string of the molecule is CCOc1ccccc1N(CC(=O)N1CCN(Cc2ccccc2)CC1)S(C)(=O)=O. The predicted octanol–water partition coefficient (Wildman–Crippen LogP) is 2.20. The highest BCUT2D eigenvalue weighted by atomic mass is 32.2. The molecule has 0 atom stereocenters. The molecule has 1 aliphatic rings. The van der Waals surface area contributed by atoms with Crippen molar-refractivity contribution in [1.29, 1.82) is 0 Å². The first-order valence-corrected chi connectivity index (χ1v) is 12.0. The van der Waals surface area contributed by atoms with E-state index in [1.54, 1.807) is 29.2 Å². The van der Waals surface area contributed by atoms with E-state index in [2.05, 4.69) is 17.0 Å². The molecule has 0 N–H and O–H groups in total. The number of para-hydroxylation sites is 2. The van der Waals surface area contributed by atoms with Crippen LogP contribution in [0.4, 0.5) is 5.69 Å². The van der Waals surface area contributed by atoms with Gasteiger partial charge in [-0.1, -0.05) is 42.5 Å². The first-order valence-electron chi connectivity index (χ1n) is 10.1. The third-order valence-corrected chi connectivity index (χ3v) is 6.21. The zero-order valence-electron chi connectivity index (χ0n) is 17.5. The lowest BCUT2D eigenvalue weighted by Gasteiger charge is -2.36. The number of rotatable bonds is 8. The van der Waals surface area contributed by atoms with Crippen LogP contribution in [0.5, 0.6) is 5.75 Å². The summed E-state index contributed by atoms with van der Waals surface area (Å²) < 4.78 is 31.6. The molecule has 30 heavy (non-hydrogen) atoms. The van der Waals surface area contributed by atoms with Crippen molar-refractivity contribution in [3.63, 3.8) is 0 Å². The van der Waals surface area contributed by atoms with E-state index in [-0.39, 0.29) is 12.5 Å². The van der Waals surface area contributed by atoms with Gasteiger partial charge in [0.25, 0.3) is 0 Å². The average molecular weight is 432 g/mol. The van der Waals surface area contributed by atoms with Crippen LogP contribution >= 0.6 is 0 Å². The first kappa shape index (κ1) is 22.1. The number of sulfonamides is 1. The molecule has 2 aromatic carbocycles. The maximum Gasteiger partial charge on any atom is 0.243 e. The van der Waals surface area contributed by atoms with Gasteiger partial charge in [-0.2, -0.15) is 0 Å². The number of nitrogens with zero attached hydrogens (tertiary/aromatic N) is 3. The van der Waals surface area contributed by atoms with Crippen molar-refractivity contribution in [3.05, 3.63) is 60.2 Å². The number of carbonyl (C=O) groups excluding carboxylic acids is 1. The van der Waals surface area contributed by atoms with Crippen molar-refractivity contribution in [2.75, 3.05) is 49.9 Å². The van der Waals surface area contributed by atoms with Gasteiger partial charge in [-0.05, 0) is 24.6 Å². The Hall–Kier alpha value is -2.58. The number of anilines is 1. The smallest absolute Gasteiger partial charge is 0.243 e. The third kappa shape index (κ3) is 5.73. The zero-order valence-corrected chi connectivity index (χ0v) is 18.3. The highest BCUT2D eigenvalue weighted by Crippen LogP contribution is 2.30. The molecule has 0 bridgehead atoms. The number of amides is 1. The normalized spacial score (nSPS) is 15.1. The second kappa shape index (κ2) is 9.95. The van der Waals surface area contributed by atoms with Gasteiger partial charge in [-0.15, -0.1) is 0 Å². The summed E-state index contributed by atoms with van der Waals surface area (Å²) in [6.45, 7) is 5.53. The highest BCUT2D eigenvalue weighted by molar-refractivity contribution is 7.92. The molecular weight excluding hydrogens is 402 g/mol. The molecule has 0 spiro atoms. The molecule has 1 heterocycles. The van der Waals surface area contributed by atoms with Crippen LogP contribution in [0.2, 0.25) is 0 Å². The van der Waals surface area contributed by atoms with Crippen LogP contribution < -0.4 is 9.04 Å². The summed E-state index contributed by atoms with van der Waals surface area (Å²) in [5, 5.41) is 0. The van der Waals surface area contributed by atoms with E-state index in [0.717, 1.165) is 30.2 Å². The van der Waals surface area contributed by atoms with Crippen LogP contribution in [0.25, 0.3) is 0 Å². The van der Waals surface area contributed by atoms with Gasteiger partial charge in [0.05, 0.1) is 18.6 Å². The van der Waals surface area contributed by atoms with E-state index in [4.69, 9.17) is 4.74 Å². The number of hydrogen-bond donors (Lipinski definition) is 0. The van der Waals surface area contributed by atoms with Gasteiger partial charge in [0, 0.05) is 32.7 Å². The molecular formula is C22H29N3O4S. The van der Waals surface area contributed by atoms with Gasteiger partial charge >= 0.3 is 0 Å². The number of ether oxygens (including phenoxy) is 1. The van der Waals surface area contributed by atoms with E-state index < -0.39 is 10.0 Å². The van der Waals surface area contributed by atoms with Crippen molar-refractivity contribution in [1.82, 2.24) is 9.80 Å². The van der Waals surface area contributed by atoms with Crippen LogP contribution in [0, 0.1) is 0 Å². The number of hydrogen-bond acceptors (Lipinski definition) is 5. The summed E-state index contributed by atoms with van der Waals surface area (Å²) in [7, 11) is -3.65. The van der Waals surface area contributed by atoms with Crippen molar-refractivity contribution in [2.45, 2.75) is 13.5 Å². The first-order chi connectivity index (χ1) is 14.4. The number of piperazine rings is 1. The second-order valence-electron chi connectivity index (χ2n) is 7.31. The van der Waals surface area contributed by atoms with Gasteiger partial charge in [-0.25, -0.2) is 8.42 Å². The van der Waals surface area contributed by atoms with Gasteiger partial charge in [0.2, 0.25) is 15.9 Å². The van der Waals surface area contributed by atoms with E-state index in [1.165, 1.54) is 5.56 Å². The average Bonchev–Trinajstić information content (AvgIpc) is 2.73. The fraction of sp³-hybridized carbons (Fsp3) is 0.409. The summed E-state index contributed by atoms with van der Waals surface area (Å²) in [5.74, 6) is 0.247. The lowest BCUT2D eigenvalue weighted by molar-refractivity contribution is -0.131. The van der Waals surface area contributed by atoms with E-state index in [0.29, 0.717) is 31.1 Å². The molecule has 3 rings (SSSR count). The van der Waals surface area contributed by atoms with Crippen molar-refractivity contribution in [3.8, 4) is 5.75 Å². The monoisotopic (exact) mass is 431 g/mol. The minimum atomic E-state index is -3.65. The van der Waals surface area contributed by atoms with E-state index >= 15 is 0 Å². The number of benzene rings is 2. The third-order valence-electron chi connectivity index (χ3n) is 5.09. The molecule has 0 unspecified atom stereocenters. The Labute approximate surface area is 178 Å². The lowest BCUT2D eigenvalue weighted by Crippen LogP contribution is -2.51. The molecule has 0 aliphatic carbocycles. The van der Waals surface area contributed by atoms with Crippen LogP contribution in [-0.4, -0.2) is 69.7 Å². The molecule has 162 valence electrons. The van der Waals surface area contributed by atoms with Crippen LogP contribution in [0.3, 0.4) is 0 Å². The zero-order chi connectivity index (χ0) is 21.6. The molecule has 1 aliphatic heterocycles. The summed E-state index contributed by atoms with van der Waals surface area (Å²) >= 11 is 0. The maximum atomic E-state index is 12.9. The largest absolute Gasteiger partial charge is 0.492 e. The maximum absolute atomic E-state index is 12.9. The van der Waals surface area contributed by atoms with Gasteiger partial charge in [0.15, 0.2) is 0 Å². The van der Waals surface area contributed by atoms with Gasteiger partial charge in [0.1, 0.15) is 12.3 Å².